The van der Waals surface area contributed by atoms with E-state index in [0.29, 0.717) is 5.56 Å². The van der Waals surface area contributed by atoms with Gasteiger partial charge in [-0.05, 0) is 25.1 Å². The Labute approximate surface area is 121 Å². The summed E-state index contributed by atoms with van der Waals surface area (Å²) in [4.78, 5) is 27.0. The SMILES string of the molecule is Cc1ccc2[nH]cc(C(=O)c3ccccc3C(=O)O)c2c1. The number of carbonyl (C=O) groups is 2. The van der Waals surface area contributed by atoms with Gasteiger partial charge in [-0.25, -0.2) is 4.79 Å². The van der Waals surface area contributed by atoms with E-state index in [0.717, 1.165) is 16.5 Å². The number of rotatable bonds is 3. The van der Waals surface area contributed by atoms with Gasteiger partial charge in [0, 0.05) is 28.2 Å². The molecule has 0 amide bonds. The predicted octanol–water partition coefficient (Wildman–Crippen LogP) is 3.41. The monoisotopic (exact) mass is 279 g/mol. The molecule has 104 valence electrons. The van der Waals surface area contributed by atoms with Gasteiger partial charge in [-0.2, -0.15) is 0 Å². The molecule has 3 aromatic rings. The molecule has 0 unspecified atom stereocenters. The fourth-order valence-electron chi connectivity index (χ4n) is 2.44. The van der Waals surface area contributed by atoms with E-state index < -0.39 is 5.97 Å². The largest absolute Gasteiger partial charge is 0.478 e. The Bertz CT molecular complexity index is 861. The van der Waals surface area contributed by atoms with E-state index in [1.54, 1.807) is 24.4 Å². The van der Waals surface area contributed by atoms with Crippen molar-refractivity contribution in [2.75, 3.05) is 0 Å². The molecule has 4 heteroatoms. The molecule has 0 saturated carbocycles. The molecule has 0 aliphatic rings. The number of H-pyrrole nitrogens is 1. The van der Waals surface area contributed by atoms with E-state index in [2.05, 4.69) is 4.98 Å². The first-order chi connectivity index (χ1) is 10.1. The van der Waals surface area contributed by atoms with Gasteiger partial charge in [-0.15, -0.1) is 0 Å². The second kappa shape index (κ2) is 4.90. The number of carbonyl (C=O) groups excluding carboxylic acids is 1. The average Bonchev–Trinajstić information content (AvgIpc) is 2.89. The summed E-state index contributed by atoms with van der Waals surface area (Å²) in [5.41, 5.74) is 2.61. The minimum absolute atomic E-state index is 0.0181. The molecule has 0 spiro atoms. The molecule has 3 rings (SSSR count). The van der Waals surface area contributed by atoms with Crippen molar-refractivity contribution in [1.82, 2.24) is 4.98 Å². The lowest BCUT2D eigenvalue weighted by Crippen LogP contribution is -2.09. The van der Waals surface area contributed by atoms with Crippen LogP contribution in [0.4, 0.5) is 0 Å². The molecular formula is C17H13NO3. The predicted molar refractivity (Wildman–Crippen MR) is 79.9 cm³/mol. The third-order valence-electron chi connectivity index (χ3n) is 3.48. The summed E-state index contributed by atoms with van der Waals surface area (Å²) in [6.45, 7) is 1.95. The van der Waals surface area contributed by atoms with Gasteiger partial charge in [0.2, 0.25) is 0 Å². The molecule has 2 aromatic carbocycles. The quantitative estimate of drug-likeness (QED) is 0.722. The molecule has 1 aromatic heterocycles. The number of aryl methyl sites for hydroxylation is 1. The highest BCUT2D eigenvalue weighted by atomic mass is 16.4. The standard InChI is InChI=1S/C17H13NO3/c1-10-6-7-15-13(8-10)14(9-18-15)16(19)11-4-2-3-5-12(11)17(20)21/h2-9,18H,1H3,(H,20,21). The molecule has 0 saturated heterocycles. The van der Waals surface area contributed by atoms with Gasteiger partial charge in [-0.3, -0.25) is 4.79 Å². The molecule has 0 atom stereocenters. The Morgan fingerprint density at radius 3 is 2.43 bits per heavy atom. The van der Waals surface area contributed by atoms with Gasteiger partial charge >= 0.3 is 5.97 Å². The van der Waals surface area contributed by atoms with E-state index in [1.165, 1.54) is 6.07 Å². The number of aromatic nitrogens is 1. The molecule has 0 aliphatic heterocycles. The third kappa shape index (κ3) is 2.21. The van der Waals surface area contributed by atoms with Crippen LogP contribution in [-0.4, -0.2) is 21.8 Å². The van der Waals surface area contributed by atoms with Gasteiger partial charge in [0.1, 0.15) is 0 Å². The molecule has 0 aliphatic carbocycles. The number of fused-ring (bicyclic) bond motifs is 1. The van der Waals surface area contributed by atoms with Crippen LogP contribution in [0.25, 0.3) is 10.9 Å². The Balaban J connectivity index is 2.18. The van der Waals surface area contributed by atoms with Gasteiger partial charge in [0.15, 0.2) is 5.78 Å². The number of carboxylic acids is 1. The first-order valence-electron chi connectivity index (χ1n) is 6.52. The zero-order chi connectivity index (χ0) is 15.0. The molecule has 21 heavy (non-hydrogen) atoms. The second-order valence-corrected chi connectivity index (χ2v) is 4.93. The summed E-state index contributed by atoms with van der Waals surface area (Å²) in [6, 6.07) is 12.0. The first kappa shape index (κ1) is 13.1. The van der Waals surface area contributed by atoms with Gasteiger partial charge in [-0.1, -0.05) is 29.8 Å². The summed E-state index contributed by atoms with van der Waals surface area (Å²) in [6.07, 6.45) is 1.63. The number of nitrogens with one attached hydrogen (secondary N) is 1. The van der Waals surface area contributed by atoms with Crippen molar-refractivity contribution in [3.63, 3.8) is 0 Å². The van der Waals surface area contributed by atoms with Crippen molar-refractivity contribution < 1.29 is 14.7 Å². The van der Waals surface area contributed by atoms with Crippen molar-refractivity contribution in [2.24, 2.45) is 0 Å². The maximum Gasteiger partial charge on any atom is 0.336 e. The van der Waals surface area contributed by atoms with E-state index in [9.17, 15) is 14.7 Å². The first-order valence-corrected chi connectivity index (χ1v) is 6.52. The Morgan fingerprint density at radius 1 is 1.00 bits per heavy atom. The van der Waals surface area contributed by atoms with Gasteiger partial charge < -0.3 is 10.1 Å². The summed E-state index contributed by atoms with van der Waals surface area (Å²) in [5, 5.41) is 10.0. The lowest BCUT2D eigenvalue weighted by Gasteiger charge is -2.04. The van der Waals surface area contributed by atoms with Crippen LogP contribution in [0, 0.1) is 6.92 Å². The highest BCUT2D eigenvalue weighted by molar-refractivity contribution is 6.19. The molecule has 0 fully saturated rings. The van der Waals surface area contributed by atoms with Crippen LogP contribution in [0.2, 0.25) is 0 Å². The number of hydrogen-bond acceptors (Lipinski definition) is 2. The zero-order valence-corrected chi connectivity index (χ0v) is 11.4. The van der Waals surface area contributed by atoms with E-state index in [-0.39, 0.29) is 16.9 Å². The average molecular weight is 279 g/mol. The molecule has 0 bridgehead atoms. The van der Waals surface area contributed by atoms with Crippen LogP contribution in [-0.2, 0) is 0 Å². The molecule has 0 radical (unpaired) electrons. The van der Waals surface area contributed by atoms with Gasteiger partial charge in [0.05, 0.1) is 5.56 Å². The summed E-state index contributed by atoms with van der Waals surface area (Å²) in [5.74, 6) is -1.39. The zero-order valence-electron chi connectivity index (χ0n) is 11.4. The van der Waals surface area contributed by atoms with Crippen molar-refractivity contribution in [3.8, 4) is 0 Å². The minimum Gasteiger partial charge on any atom is -0.478 e. The molecule has 2 N–H and O–H groups in total. The Hall–Kier alpha value is -2.88. The van der Waals surface area contributed by atoms with Crippen molar-refractivity contribution >= 4 is 22.7 Å². The topological polar surface area (TPSA) is 70.2 Å². The highest BCUT2D eigenvalue weighted by Gasteiger charge is 2.19. The highest BCUT2D eigenvalue weighted by Crippen LogP contribution is 2.23. The minimum atomic E-state index is -1.10. The van der Waals surface area contributed by atoms with Crippen molar-refractivity contribution in [2.45, 2.75) is 6.92 Å². The van der Waals surface area contributed by atoms with E-state index in [4.69, 9.17) is 0 Å². The van der Waals surface area contributed by atoms with Crippen LogP contribution in [0.15, 0.2) is 48.7 Å². The third-order valence-corrected chi connectivity index (χ3v) is 3.48. The number of benzene rings is 2. The second-order valence-electron chi connectivity index (χ2n) is 4.93. The van der Waals surface area contributed by atoms with Crippen LogP contribution >= 0.6 is 0 Å². The molecular weight excluding hydrogens is 266 g/mol. The summed E-state index contributed by atoms with van der Waals surface area (Å²) >= 11 is 0. The number of aromatic carboxylic acids is 1. The maximum atomic E-state index is 12.7. The fourth-order valence-corrected chi connectivity index (χ4v) is 2.44. The van der Waals surface area contributed by atoms with E-state index >= 15 is 0 Å². The smallest absolute Gasteiger partial charge is 0.336 e. The maximum absolute atomic E-state index is 12.7. The Morgan fingerprint density at radius 2 is 1.71 bits per heavy atom. The molecule has 1 heterocycles. The fraction of sp³-hybridized carbons (Fsp3) is 0.0588. The normalized spacial score (nSPS) is 10.7. The van der Waals surface area contributed by atoms with E-state index in [1.807, 2.05) is 25.1 Å². The van der Waals surface area contributed by atoms with Crippen molar-refractivity contribution in [3.05, 3.63) is 70.9 Å². The number of ketones is 1. The summed E-state index contributed by atoms with van der Waals surface area (Å²) in [7, 11) is 0. The van der Waals surface area contributed by atoms with Crippen LogP contribution in [0.1, 0.15) is 31.8 Å². The molecule has 4 nitrogen and oxygen atoms in total. The van der Waals surface area contributed by atoms with Crippen LogP contribution in [0.3, 0.4) is 0 Å². The Kier molecular flexibility index (Phi) is 3.06. The number of carboxylic acid groups (broad SMARTS) is 1. The summed E-state index contributed by atoms with van der Waals surface area (Å²) < 4.78 is 0. The number of hydrogen-bond donors (Lipinski definition) is 2. The van der Waals surface area contributed by atoms with Crippen LogP contribution in [0.5, 0.6) is 0 Å². The van der Waals surface area contributed by atoms with Gasteiger partial charge in [0.25, 0.3) is 0 Å². The lowest BCUT2D eigenvalue weighted by atomic mass is 9.97. The number of aromatic amines is 1. The van der Waals surface area contributed by atoms with Crippen LogP contribution < -0.4 is 0 Å². The van der Waals surface area contributed by atoms with Crippen molar-refractivity contribution in [1.29, 1.82) is 0 Å². The lowest BCUT2D eigenvalue weighted by molar-refractivity contribution is 0.0693.